The molecule has 9 amide bonds. The van der Waals surface area contributed by atoms with Gasteiger partial charge in [-0.05, 0) is 110 Å². The second kappa shape index (κ2) is 44.6. The zero-order chi connectivity index (χ0) is 78.6. The molecular weight excluding hydrogens is 1370 g/mol. The summed E-state index contributed by atoms with van der Waals surface area (Å²) in [7, 11) is 12.3. The number of carboxylic acids is 2. The van der Waals surface area contributed by atoms with Crippen molar-refractivity contribution in [2.75, 3.05) is 109 Å². The van der Waals surface area contributed by atoms with Gasteiger partial charge in [0.2, 0.25) is 17.7 Å². The first-order valence-corrected chi connectivity index (χ1v) is 34.5. The normalized spacial score (nSPS) is 13.2. The minimum absolute atomic E-state index is 0. The van der Waals surface area contributed by atoms with Gasteiger partial charge in [-0.15, -0.1) is 0 Å². The number of rotatable bonds is 32. The Bertz CT molecular complexity index is 3420. The average Bonchev–Trinajstić information content (AvgIpc) is 1.61. The monoisotopic (exact) mass is 1480 g/mol. The number of carbonyl (C=O) groups excluding carboxylic acids is 11. The predicted molar refractivity (Wildman–Crippen MR) is 388 cm³/mol. The number of ketones is 1. The fraction of sp³-hybridized carbons (Fsp3) is 0.560. The molecule has 0 saturated heterocycles. The Hall–Kier alpha value is -9.37. The molecule has 31 heteroatoms. The molecule has 2 aliphatic rings. The number of fused-ring (bicyclic) bond motifs is 3. The van der Waals surface area contributed by atoms with Gasteiger partial charge in [-0.1, -0.05) is 92.2 Å². The molecule has 5 rings (SSSR count). The van der Waals surface area contributed by atoms with Crippen LogP contribution >= 0.6 is 0 Å². The maximum absolute atomic E-state index is 13.7. The molecule has 0 bridgehead atoms. The van der Waals surface area contributed by atoms with E-state index in [-0.39, 0.29) is 126 Å². The summed E-state index contributed by atoms with van der Waals surface area (Å²) in [5, 5.41) is 20.8. The van der Waals surface area contributed by atoms with Crippen molar-refractivity contribution < 1.29 is 121 Å². The second-order valence-electron chi connectivity index (χ2n) is 28.6. The number of Topliss-reactive ketones (excluding diaryl/α,β-unsaturated/α-hetero) is 1. The third kappa shape index (κ3) is 32.6. The molecule has 1 unspecified atom stereocenters. The summed E-state index contributed by atoms with van der Waals surface area (Å²) in [5.74, 6) is -7.08. The van der Waals surface area contributed by atoms with Crippen LogP contribution in [0, 0.1) is 11.8 Å². The van der Waals surface area contributed by atoms with Gasteiger partial charge in [-0.2, -0.15) is 0 Å². The van der Waals surface area contributed by atoms with E-state index in [1.807, 2.05) is 78.9 Å². The molecule has 1 aliphatic heterocycles. The van der Waals surface area contributed by atoms with Crippen molar-refractivity contribution in [1.82, 2.24) is 44.5 Å². The van der Waals surface area contributed by atoms with Crippen LogP contribution in [0.4, 0.5) is 19.2 Å². The Morgan fingerprint density at radius 1 is 0.509 bits per heavy atom. The fourth-order valence-electron chi connectivity index (χ4n) is 10.5. The summed E-state index contributed by atoms with van der Waals surface area (Å²) < 4.78 is 27.1. The van der Waals surface area contributed by atoms with Crippen LogP contribution in [-0.4, -0.2) is 270 Å². The van der Waals surface area contributed by atoms with Crippen LogP contribution in [0.1, 0.15) is 137 Å². The standard InChI is InChI=1S/C36H43N3O7.C25H39N3O8.C14H27N3O5.Li.H2O/c1-36(2,3)46-34(42)38(5)21-20-37(4)33(41)31(22-32(40)44-23-25-14-8-7-9-15-25)39(6)35(43)45-24-30-28-18-12-10-16-26(28)27-17-11-13-19-29(27)30;1-17(19(29)10-8-7-9-13-28-20(30)11-12-21(28)31)18(16-22(32)33)23(34)26(5)14-15-27(6)24(35)36-25(2,3)4;1-14(2,3)22-13(21)17(6)8-7-16(5)12(20)10(15-4)9-11(18)19;;/h7-19,30-31H,20-24H2,1-6H3;11-12,17-18H,7-10,13-16H2,1-6H3,(H,32,33);10,15H,7-9H2,1-6H3,(H,18,19);;1H2/q;;;+1;/p-1/t31-;17?,18-;10-;;/m010../s1. The molecule has 4 atom stereocenters. The molecule has 106 heavy (non-hydrogen) atoms. The molecule has 4 N–H and O–H groups in total. The number of benzene rings is 3. The van der Waals surface area contributed by atoms with Crippen LogP contribution in [-0.2, 0) is 73.4 Å². The molecule has 0 saturated carbocycles. The van der Waals surface area contributed by atoms with Crippen molar-refractivity contribution in [1.29, 1.82) is 0 Å². The number of hydrogen-bond acceptors (Lipinski definition) is 20. The van der Waals surface area contributed by atoms with Crippen molar-refractivity contribution in [2.45, 2.75) is 156 Å². The van der Waals surface area contributed by atoms with E-state index in [0.717, 1.165) is 37.6 Å². The Labute approximate surface area is 634 Å². The van der Waals surface area contributed by atoms with Gasteiger partial charge in [-0.25, -0.2) is 19.2 Å². The van der Waals surface area contributed by atoms with Crippen LogP contribution < -0.4 is 24.2 Å². The third-order valence-corrected chi connectivity index (χ3v) is 16.6. The van der Waals surface area contributed by atoms with E-state index >= 15 is 0 Å². The van der Waals surface area contributed by atoms with E-state index in [1.165, 1.54) is 62.7 Å². The predicted octanol–water partition coefficient (Wildman–Crippen LogP) is 4.99. The van der Waals surface area contributed by atoms with E-state index < -0.39 is 101 Å². The number of imide groups is 1. The summed E-state index contributed by atoms with van der Waals surface area (Å²) >= 11 is 0. The van der Waals surface area contributed by atoms with E-state index in [1.54, 1.807) is 104 Å². The number of aliphatic carboxylic acids is 2. The van der Waals surface area contributed by atoms with Crippen molar-refractivity contribution in [2.24, 2.45) is 11.8 Å². The molecule has 0 radical (unpaired) electrons. The fourth-order valence-corrected chi connectivity index (χ4v) is 10.5. The topological polar surface area (TPSA) is 376 Å². The minimum Gasteiger partial charge on any atom is -0.870 e. The first-order chi connectivity index (χ1) is 48.5. The van der Waals surface area contributed by atoms with E-state index in [9.17, 15) is 67.4 Å². The molecule has 1 heterocycles. The van der Waals surface area contributed by atoms with Crippen LogP contribution in [0.3, 0.4) is 0 Å². The summed E-state index contributed by atoms with van der Waals surface area (Å²) in [6.07, 6.45) is 0.834. The van der Waals surface area contributed by atoms with Crippen molar-refractivity contribution in [3.8, 4) is 11.1 Å². The average molecular weight is 1480 g/mol. The van der Waals surface area contributed by atoms with Crippen molar-refractivity contribution in [3.63, 3.8) is 0 Å². The Morgan fingerprint density at radius 2 is 0.915 bits per heavy atom. The number of likely N-dealkylation sites (N-methyl/N-ethyl adjacent to an activating group) is 8. The number of esters is 1. The van der Waals surface area contributed by atoms with Crippen molar-refractivity contribution >= 4 is 77.6 Å². The Morgan fingerprint density at radius 3 is 1.34 bits per heavy atom. The van der Waals surface area contributed by atoms with Gasteiger partial charge in [0.15, 0.2) is 0 Å². The van der Waals surface area contributed by atoms with E-state index in [0.29, 0.717) is 25.8 Å². The van der Waals surface area contributed by atoms with Crippen molar-refractivity contribution in [3.05, 3.63) is 108 Å². The van der Waals surface area contributed by atoms with Gasteiger partial charge >= 0.3 is 61.1 Å². The number of carbonyl (C=O) groups is 13. The minimum atomic E-state index is -1.20. The first kappa shape index (κ1) is 94.6. The van der Waals surface area contributed by atoms with Gasteiger partial charge in [0.25, 0.3) is 11.8 Å². The van der Waals surface area contributed by atoms with Crippen LogP contribution in [0.2, 0.25) is 0 Å². The van der Waals surface area contributed by atoms with E-state index in [4.69, 9.17) is 28.8 Å². The quantitative estimate of drug-likeness (QED) is 0.0244. The largest absolute Gasteiger partial charge is 1.00 e. The smallest absolute Gasteiger partial charge is 0.870 e. The molecule has 0 fully saturated rings. The maximum atomic E-state index is 13.7. The first-order valence-electron chi connectivity index (χ1n) is 34.5. The molecule has 3 aromatic carbocycles. The number of unbranched alkanes of at least 4 members (excludes halogenated alkanes) is 2. The number of nitrogens with one attached hydrogen (secondary N) is 1. The van der Waals surface area contributed by atoms with Gasteiger partial charge < -0.3 is 74.1 Å². The number of carboxylic acid groups (broad SMARTS) is 2. The third-order valence-electron chi connectivity index (χ3n) is 16.6. The molecular formula is C75H110LiN9O21. The molecule has 1 aliphatic carbocycles. The van der Waals surface area contributed by atoms with Gasteiger partial charge in [-0.3, -0.25) is 53.0 Å². The van der Waals surface area contributed by atoms with Gasteiger partial charge in [0, 0.05) is 126 Å². The summed E-state index contributed by atoms with van der Waals surface area (Å²) in [5.41, 5.74) is 3.21. The van der Waals surface area contributed by atoms with Gasteiger partial charge in [0.1, 0.15) is 41.8 Å². The number of nitrogens with zero attached hydrogens (tertiary/aromatic N) is 8. The molecule has 582 valence electrons. The van der Waals surface area contributed by atoms with Crippen LogP contribution in [0.5, 0.6) is 0 Å². The van der Waals surface area contributed by atoms with Gasteiger partial charge in [0.05, 0.1) is 31.2 Å². The van der Waals surface area contributed by atoms with Crippen LogP contribution in [0.15, 0.2) is 91.0 Å². The zero-order valence-corrected chi connectivity index (χ0v) is 65.1. The Kier molecular flexibility index (Phi) is 39.8. The zero-order valence-electron chi connectivity index (χ0n) is 65.1. The molecule has 0 spiro atoms. The number of ether oxygens (including phenoxy) is 5. The van der Waals surface area contributed by atoms with Crippen LogP contribution in [0.25, 0.3) is 11.1 Å². The number of hydrogen-bond donors (Lipinski definition) is 3. The summed E-state index contributed by atoms with van der Waals surface area (Å²) in [6, 6.07) is 23.2. The molecule has 30 nitrogen and oxygen atoms in total. The Balaban J connectivity index is 0.000000838. The molecule has 3 aromatic rings. The molecule has 0 aromatic heterocycles. The summed E-state index contributed by atoms with van der Waals surface area (Å²) in [4.78, 5) is 170. The number of amides is 9. The summed E-state index contributed by atoms with van der Waals surface area (Å²) in [6.45, 7) is 19.0. The maximum Gasteiger partial charge on any atom is 1.00 e. The second-order valence-corrected chi connectivity index (χ2v) is 28.6. The van der Waals surface area contributed by atoms with E-state index in [2.05, 4.69) is 5.32 Å². The SMILES string of the molecule is CC(C(=O)CCCCCN1C(=O)C=CC1=O)[C@@H](CC(=O)O)C(=O)N(C)CCN(C)C(=O)OC(C)(C)C.CN(CCN(C)C(=O)[C@H](CC(=O)OCc1ccccc1)N(C)C(=O)OCC1c2ccccc2-c2ccccc21)C(=O)OC(C)(C)C.CN[C@@H](CC(=O)O)C(=O)N(C)CCN(C)C(=O)OC(C)(C)C.[Li+].[OH-].